The summed E-state index contributed by atoms with van der Waals surface area (Å²) < 4.78 is 25.0. The van der Waals surface area contributed by atoms with E-state index in [9.17, 15) is 9.18 Å². The van der Waals surface area contributed by atoms with Crippen molar-refractivity contribution in [2.45, 2.75) is 56.7 Å². The third-order valence-electron chi connectivity index (χ3n) is 4.39. The van der Waals surface area contributed by atoms with Gasteiger partial charge in [-0.25, -0.2) is 9.18 Å². The van der Waals surface area contributed by atoms with E-state index in [0.717, 1.165) is 24.0 Å². The molecule has 1 aromatic carbocycles. The van der Waals surface area contributed by atoms with Crippen molar-refractivity contribution in [1.82, 2.24) is 4.90 Å². The minimum absolute atomic E-state index is 0.117. The van der Waals surface area contributed by atoms with Gasteiger partial charge in [-0.1, -0.05) is 6.07 Å². The normalized spacial score (nSPS) is 27.0. The number of carbonyl (C=O) groups excluding carboxylic acids is 1. The van der Waals surface area contributed by atoms with Crippen molar-refractivity contribution in [3.05, 3.63) is 35.1 Å². The van der Waals surface area contributed by atoms with Gasteiger partial charge in [-0.05, 0) is 56.9 Å². The second kappa shape index (κ2) is 6.52. The van der Waals surface area contributed by atoms with Crippen molar-refractivity contribution < 1.29 is 18.7 Å². The monoisotopic (exact) mass is 355 g/mol. The third kappa shape index (κ3) is 3.52. The summed E-state index contributed by atoms with van der Waals surface area (Å²) in [7, 11) is 0. The van der Waals surface area contributed by atoms with Crippen LogP contribution in [0.3, 0.4) is 0 Å². The molecule has 3 rings (SSSR count). The summed E-state index contributed by atoms with van der Waals surface area (Å²) in [6, 6.07) is 4.48. The zero-order chi connectivity index (χ0) is 17.5. The van der Waals surface area contributed by atoms with E-state index in [1.165, 1.54) is 12.1 Å². The highest BCUT2D eigenvalue weighted by atomic mass is 35.5. The lowest BCUT2D eigenvalue weighted by Crippen LogP contribution is -2.44. The summed E-state index contributed by atoms with van der Waals surface area (Å²) in [4.78, 5) is 14.2. The van der Waals surface area contributed by atoms with E-state index in [-0.39, 0.29) is 29.4 Å². The quantitative estimate of drug-likeness (QED) is 0.692. The summed E-state index contributed by atoms with van der Waals surface area (Å²) in [6.45, 7) is 6.50. The largest absolute Gasteiger partial charge is 0.444 e. The van der Waals surface area contributed by atoms with Crippen LogP contribution in [-0.4, -0.2) is 35.8 Å². The lowest BCUT2D eigenvalue weighted by molar-refractivity contribution is -0.0277. The fourth-order valence-corrected chi connectivity index (χ4v) is 3.68. The van der Waals surface area contributed by atoms with Crippen molar-refractivity contribution in [1.29, 1.82) is 0 Å². The van der Waals surface area contributed by atoms with Crippen molar-refractivity contribution >= 4 is 17.7 Å². The lowest BCUT2D eigenvalue weighted by Gasteiger charge is -2.37. The predicted octanol–water partition coefficient (Wildman–Crippen LogP) is 4.58. The summed E-state index contributed by atoms with van der Waals surface area (Å²) in [6.07, 6.45) is 1.09. The average molecular weight is 356 g/mol. The van der Waals surface area contributed by atoms with E-state index < -0.39 is 5.60 Å². The predicted molar refractivity (Wildman–Crippen MR) is 89.6 cm³/mol. The number of hydrogen-bond donors (Lipinski definition) is 0. The van der Waals surface area contributed by atoms with Crippen LogP contribution in [0.1, 0.15) is 56.2 Å². The Morgan fingerprint density at radius 2 is 2.12 bits per heavy atom. The van der Waals surface area contributed by atoms with Crippen LogP contribution in [0.25, 0.3) is 0 Å². The first-order valence-electron chi connectivity index (χ1n) is 8.31. The number of benzene rings is 1. The molecule has 6 heteroatoms. The van der Waals surface area contributed by atoms with Crippen LogP contribution >= 0.6 is 11.6 Å². The standard InChI is InChI=1S/C18H23ClFNO3/c1-18(2,3)24-17(22)21-8-4-5-15(21)16-12-7-6-11(20)9-13(12)14(19)10-23-16/h6-7,9,14-16H,4-5,8,10H2,1-3H3. The lowest BCUT2D eigenvalue weighted by atomic mass is 9.92. The van der Waals surface area contributed by atoms with Gasteiger partial charge in [0.25, 0.3) is 0 Å². The minimum Gasteiger partial charge on any atom is -0.444 e. The number of alkyl halides is 1. The molecule has 1 fully saturated rings. The van der Waals surface area contributed by atoms with Gasteiger partial charge in [0.1, 0.15) is 17.5 Å². The Hall–Kier alpha value is -1.33. The smallest absolute Gasteiger partial charge is 0.410 e. The number of halogens is 2. The fraction of sp³-hybridized carbons (Fsp3) is 0.611. The Morgan fingerprint density at radius 3 is 2.83 bits per heavy atom. The van der Waals surface area contributed by atoms with Crippen LogP contribution in [0.5, 0.6) is 0 Å². The number of likely N-dealkylation sites (tertiary alicyclic amines) is 1. The molecular weight excluding hydrogens is 333 g/mol. The van der Waals surface area contributed by atoms with Gasteiger partial charge in [0.2, 0.25) is 0 Å². The highest BCUT2D eigenvalue weighted by Crippen LogP contribution is 2.42. The van der Waals surface area contributed by atoms with Crippen molar-refractivity contribution in [2.24, 2.45) is 0 Å². The molecule has 3 unspecified atom stereocenters. The third-order valence-corrected chi connectivity index (χ3v) is 4.75. The van der Waals surface area contributed by atoms with Gasteiger partial charge < -0.3 is 14.4 Å². The molecule has 4 nitrogen and oxygen atoms in total. The van der Waals surface area contributed by atoms with Crippen molar-refractivity contribution in [3.8, 4) is 0 Å². The molecule has 2 heterocycles. The number of fused-ring (bicyclic) bond motifs is 1. The maximum Gasteiger partial charge on any atom is 0.410 e. The first-order valence-corrected chi connectivity index (χ1v) is 8.74. The molecule has 132 valence electrons. The molecule has 0 bridgehead atoms. The van der Waals surface area contributed by atoms with Gasteiger partial charge in [0, 0.05) is 6.54 Å². The topological polar surface area (TPSA) is 38.8 Å². The molecule has 0 saturated carbocycles. The van der Waals surface area contributed by atoms with Crippen molar-refractivity contribution in [3.63, 3.8) is 0 Å². The molecule has 1 amide bonds. The molecule has 24 heavy (non-hydrogen) atoms. The Morgan fingerprint density at radius 1 is 1.38 bits per heavy atom. The number of carbonyl (C=O) groups is 1. The molecule has 2 aliphatic heterocycles. The number of hydrogen-bond acceptors (Lipinski definition) is 3. The summed E-state index contributed by atoms with van der Waals surface area (Å²) in [5.41, 5.74) is 1.08. The first kappa shape index (κ1) is 17.5. The van der Waals surface area contributed by atoms with Gasteiger partial charge in [-0.15, -0.1) is 11.6 Å². The molecule has 0 aliphatic carbocycles. The summed E-state index contributed by atoms with van der Waals surface area (Å²) in [5, 5.41) is -0.372. The van der Waals surface area contributed by atoms with Crippen molar-refractivity contribution in [2.75, 3.05) is 13.2 Å². The van der Waals surface area contributed by atoms with Gasteiger partial charge in [-0.3, -0.25) is 0 Å². The molecule has 0 aromatic heterocycles. The number of rotatable bonds is 1. The number of amides is 1. The van der Waals surface area contributed by atoms with E-state index in [0.29, 0.717) is 13.2 Å². The second-order valence-electron chi connectivity index (χ2n) is 7.38. The Balaban J connectivity index is 1.86. The summed E-state index contributed by atoms with van der Waals surface area (Å²) in [5.74, 6) is -0.310. The molecule has 1 aromatic rings. The van der Waals surface area contributed by atoms with E-state index in [1.807, 2.05) is 20.8 Å². The Labute approximate surface area is 146 Å². The maximum atomic E-state index is 13.6. The Kier molecular flexibility index (Phi) is 4.76. The average Bonchev–Trinajstić information content (AvgIpc) is 2.96. The van der Waals surface area contributed by atoms with Crippen LogP contribution < -0.4 is 0 Å². The summed E-state index contributed by atoms with van der Waals surface area (Å²) >= 11 is 6.28. The molecule has 3 atom stereocenters. The van der Waals surface area contributed by atoms with Crippen LogP contribution in [0.2, 0.25) is 0 Å². The van der Waals surface area contributed by atoms with Crippen LogP contribution in [0.4, 0.5) is 9.18 Å². The van der Waals surface area contributed by atoms with E-state index >= 15 is 0 Å². The molecular formula is C18H23ClFNO3. The molecule has 0 radical (unpaired) electrons. The Bertz CT molecular complexity index is 631. The van der Waals surface area contributed by atoms with Gasteiger partial charge in [-0.2, -0.15) is 0 Å². The molecule has 0 spiro atoms. The highest BCUT2D eigenvalue weighted by molar-refractivity contribution is 6.21. The second-order valence-corrected chi connectivity index (χ2v) is 7.90. The molecule has 0 N–H and O–H groups in total. The number of ether oxygens (including phenoxy) is 2. The zero-order valence-corrected chi connectivity index (χ0v) is 15.0. The van der Waals surface area contributed by atoms with Crippen LogP contribution in [0, 0.1) is 5.82 Å². The number of nitrogens with zero attached hydrogens (tertiary/aromatic N) is 1. The van der Waals surface area contributed by atoms with E-state index in [1.54, 1.807) is 11.0 Å². The van der Waals surface area contributed by atoms with Gasteiger partial charge >= 0.3 is 6.09 Å². The van der Waals surface area contributed by atoms with Gasteiger partial charge in [0.15, 0.2) is 0 Å². The highest BCUT2D eigenvalue weighted by Gasteiger charge is 2.41. The maximum absolute atomic E-state index is 13.6. The van der Waals surface area contributed by atoms with Crippen LogP contribution in [0.15, 0.2) is 18.2 Å². The van der Waals surface area contributed by atoms with Crippen LogP contribution in [-0.2, 0) is 9.47 Å². The first-order chi connectivity index (χ1) is 11.3. The minimum atomic E-state index is -0.542. The SMILES string of the molecule is CC(C)(C)OC(=O)N1CCCC1C1OCC(Cl)c2cc(F)ccc21. The zero-order valence-electron chi connectivity index (χ0n) is 14.2. The van der Waals surface area contributed by atoms with Gasteiger partial charge in [0.05, 0.1) is 18.0 Å². The van der Waals surface area contributed by atoms with E-state index in [4.69, 9.17) is 21.1 Å². The molecule has 2 aliphatic rings. The van der Waals surface area contributed by atoms with E-state index in [2.05, 4.69) is 0 Å². The molecule has 1 saturated heterocycles. The fourth-order valence-electron chi connectivity index (χ4n) is 3.42.